The van der Waals surface area contributed by atoms with E-state index >= 15 is 4.39 Å². The summed E-state index contributed by atoms with van der Waals surface area (Å²) in [6.07, 6.45) is 5.09. The quantitative estimate of drug-likeness (QED) is 0.381. The van der Waals surface area contributed by atoms with Crippen molar-refractivity contribution in [1.82, 2.24) is 24.3 Å². The lowest BCUT2D eigenvalue weighted by Gasteiger charge is -2.33. The number of aryl methyl sites for hydroxylation is 1. The second-order valence-electron chi connectivity index (χ2n) is 9.27. The zero-order valence-electron chi connectivity index (χ0n) is 20.4. The van der Waals surface area contributed by atoms with Crippen molar-refractivity contribution < 1.29 is 13.9 Å². The molecule has 1 aromatic carbocycles. The summed E-state index contributed by atoms with van der Waals surface area (Å²) in [5, 5.41) is 5.12. The van der Waals surface area contributed by atoms with Crippen LogP contribution in [0.25, 0.3) is 22.2 Å². The molecule has 0 N–H and O–H groups in total. The number of morpholine rings is 1. The highest BCUT2D eigenvalue weighted by atomic mass is 35.5. The molecule has 1 fully saturated rings. The SMILES string of the molecule is COCCn1cc([C@H]2CN(c3cc4c(=O)n5c(nc4c(-c4ccc(Cl)cc4F)n3)CCC5)CCO2)cn1. The molecule has 3 aromatic heterocycles. The molecule has 9 nitrogen and oxygen atoms in total. The fourth-order valence-electron chi connectivity index (χ4n) is 5.01. The van der Waals surface area contributed by atoms with Crippen LogP contribution in [-0.4, -0.2) is 57.7 Å². The molecule has 1 saturated heterocycles. The van der Waals surface area contributed by atoms with Crippen molar-refractivity contribution >= 4 is 28.3 Å². The zero-order chi connectivity index (χ0) is 25.5. The molecule has 0 amide bonds. The Bertz CT molecular complexity index is 1540. The third-order valence-corrected chi connectivity index (χ3v) is 7.15. The van der Waals surface area contributed by atoms with E-state index in [1.54, 1.807) is 36.1 Å². The number of nitrogens with zero attached hydrogens (tertiary/aromatic N) is 6. The van der Waals surface area contributed by atoms with Gasteiger partial charge in [0.25, 0.3) is 5.56 Å². The highest BCUT2D eigenvalue weighted by molar-refractivity contribution is 6.30. The smallest absolute Gasteiger partial charge is 0.261 e. The van der Waals surface area contributed by atoms with Crippen LogP contribution in [0.5, 0.6) is 0 Å². The number of aromatic nitrogens is 5. The Morgan fingerprint density at radius 2 is 2.14 bits per heavy atom. The molecule has 0 radical (unpaired) electrons. The number of methoxy groups -OCH3 is 1. The highest BCUT2D eigenvalue weighted by Gasteiger charge is 2.27. The van der Waals surface area contributed by atoms with Gasteiger partial charge < -0.3 is 14.4 Å². The van der Waals surface area contributed by atoms with E-state index in [0.29, 0.717) is 74.1 Å². The summed E-state index contributed by atoms with van der Waals surface area (Å²) >= 11 is 6.02. The first-order chi connectivity index (χ1) is 18.0. The van der Waals surface area contributed by atoms with Crippen molar-refractivity contribution in [2.24, 2.45) is 0 Å². The van der Waals surface area contributed by atoms with E-state index in [0.717, 1.165) is 12.0 Å². The molecule has 0 bridgehead atoms. The average Bonchev–Trinajstić information content (AvgIpc) is 3.58. The predicted molar refractivity (Wildman–Crippen MR) is 138 cm³/mol. The first-order valence-electron chi connectivity index (χ1n) is 12.3. The standard InChI is InChI=1S/C26H26ClFN6O3/c1-36-9-8-33-14-16(13-29-33)21-15-32(7-10-37-21)23-12-19-25(30-22-3-2-6-34(22)26(19)35)24(31-23)18-5-4-17(27)11-20(18)28/h4-5,11-14,21H,2-3,6-10,15H2,1H3/t21-/m1/s1. The van der Waals surface area contributed by atoms with Gasteiger partial charge in [-0.25, -0.2) is 14.4 Å². The monoisotopic (exact) mass is 524 g/mol. The molecule has 1 atom stereocenters. The van der Waals surface area contributed by atoms with E-state index in [9.17, 15) is 4.79 Å². The molecule has 37 heavy (non-hydrogen) atoms. The summed E-state index contributed by atoms with van der Waals surface area (Å²) in [5.41, 5.74) is 1.83. The maximum absolute atomic E-state index is 15.1. The summed E-state index contributed by atoms with van der Waals surface area (Å²) in [5.74, 6) is 0.776. The second kappa shape index (κ2) is 9.85. The lowest BCUT2D eigenvalue weighted by atomic mass is 10.1. The van der Waals surface area contributed by atoms with E-state index in [4.69, 9.17) is 31.0 Å². The summed E-state index contributed by atoms with van der Waals surface area (Å²) in [6.45, 7) is 3.41. The van der Waals surface area contributed by atoms with Crippen molar-refractivity contribution in [1.29, 1.82) is 0 Å². The van der Waals surface area contributed by atoms with Gasteiger partial charge in [0, 0.05) is 55.5 Å². The Morgan fingerprint density at radius 1 is 1.24 bits per heavy atom. The number of fused-ring (bicyclic) bond motifs is 2. The molecule has 2 aliphatic rings. The Morgan fingerprint density at radius 3 is 2.97 bits per heavy atom. The molecule has 4 aromatic rings. The van der Waals surface area contributed by atoms with Crippen molar-refractivity contribution in [3.8, 4) is 11.3 Å². The Labute approximate surface area is 217 Å². The number of ether oxygens (including phenoxy) is 2. The van der Waals surface area contributed by atoms with Crippen LogP contribution in [0.4, 0.5) is 10.2 Å². The van der Waals surface area contributed by atoms with Gasteiger partial charge >= 0.3 is 0 Å². The molecular formula is C26H26ClFN6O3. The maximum Gasteiger partial charge on any atom is 0.261 e. The molecule has 192 valence electrons. The summed E-state index contributed by atoms with van der Waals surface area (Å²) in [4.78, 5) is 25.2. The molecular weight excluding hydrogens is 499 g/mol. The number of halogens is 2. The van der Waals surface area contributed by atoms with Crippen LogP contribution < -0.4 is 10.5 Å². The Hall–Kier alpha value is -3.34. The number of benzene rings is 1. The van der Waals surface area contributed by atoms with Crippen LogP contribution >= 0.6 is 11.6 Å². The first-order valence-corrected chi connectivity index (χ1v) is 12.7. The molecule has 6 rings (SSSR count). The van der Waals surface area contributed by atoms with Gasteiger partial charge in [-0.2, -0.15) is 5.10 Å². The largest absolute Gasteiger partial charge is 0.383 e. The van der Waals surface area contributed by atoms with Crippen molar-refractivity contribution in [3.05, 3.63) is 69.2 Å². The van der Waals surface area contributed by atoms with Gasteiger partial charge in [0.05, 0.1) is 31.3 Å². The van der Waals surface area contributed by atoms with Crippen LogP contribution in [0.15, 0.2) is 41.5 Å². The minimum absolute atomic E-state index is 0.124. The molecule has 0 unspecified atom stereocenters. The number of hydrogen-bond acceptors (Lipinski definition) is 7. The van der Waals surface area contributed by atoms with Gasteiger partial charge in [-0.15, -0.1) is 0 Å². The average molecular weight is 525 g/mol. The van der Waals surface area contributed by atoms with E-state index in [1.165, 1.54) is 6.07 Å². The maximum atomic E-state index is 15.1. The Kier molecular flexibility index (Phi) is 6.39. The van der Waals surface area contributed by atoms with E-state index in [-0.39, 0.29) is 22.2 Å². The lowest BCUT2D eigenvalue weighted by Crippen LogP contribution is -2.39. The lowest BCUT2D eigenvalue weighted by molar-refractivity contribution is 0.0394. The molecule has 0 spiro atoms. The van der Waals surface area contributed by atoms with E-state index in [2.05, 4.69) is 10.00 Å². The number of anilines is 1. The zero-order valence-corrected chi connectivity index (χ0v) is 21.1. The molecule has 11 heteroatoms. The summed E-state index contributed by atoms with van der Waals surface area (Å²) in [7, 11) is 1.66. The predicted octanol–water partition coefficient (Wildman–Crippen LogP) is 3.62. The third-order valence-electron chi connectivity index (χ3n) is 6.92. The number of hydrogen-bond donors (Lipinski definition) is 0. The van der Waals surface area contributed by atoms with Crippen LogP contribution in [0, 0.1) is 5.82 Å². The number of pyridine rings is 1. The Balaban J connectivity index is 1.43. The van der Waals surface area contributed by atoms with Gasteiger partial charge in [-0.3, -0.25) is 14.0 Å². The van der Waals surface area contributed by atoms with Gasteiger partial charge in [0.1, 0.15) is 34.8 Å². The minimum atomic E-state index is -0.510. The topological polar surface area (TPSA) is 87.3 Å². The van der Waals surface area contributed by atoms with Crippen LogP contribution in [0.1, 0.15) is 23.9 Å². The van der Waals surface area contributed by atoms with Crippen molar-refractivity contribution in [3.63, 3.8) is 0 Å². The fourth-order valence-corrected chi connectivity index (χ4v) is 5.17. The normalized spacial score (nSPS) is 17.5. The molecule has 2 aliphatic heterocycles. The molecule has 0 saturated carbocycles. The molecule has 5 heterocycles. The fraction of sp³-hybridized carbons (Fsp3) is 0.385. The third kappa shape index (κ3) is 4.49. The number of rotatable bonds is 6. The first kappa shape index (κ1) is 24.0. The van der Waals surface area contributed by atoms with Gasteiger partial charge in [-0.1, -0.05) is 11.6 Å². The van der Waals surface area contributed by atoms with Crippen LogP contribution in [-0.2, 0) is 29.0 Å². The minimum Gasteiger partial charge on any atom is -0.383 e. The van der Waals surface area contributed by atoms with Gasteiger partial charge in [0.15, 0.2) is 0 Å². The van der Waals surface area contributed by atoms with Crippen molar-refractivity contribution in [2.45, 2.75) is 32.0 Å². The molecule has 0 aliphatic carbocycles. The van der Waals surface area contributed by atoms with Gasteiger partial charge in [-0.05, 0) is 30.7 Å². The summed E-state index contributed by atoms with van der Waals surface area (Å²) < 4.78 is 29.8. The second-order valence-corrected chi connectivity index (χ2v) is 9.71. The van der Waals surface area contributed by atoms with E-state index < -0.39 is 5.82 Å². The van der Waals surface area contributed by atoms with Crippen LogP contribution in [0.3, 0.4) is 0 Å². The van der Waals surface area contributed by atoms with E-state index in [1.807, 2.05) is 10.9 Å². The van der Waals surface area contributed by atoms with Crippen molar-refractivity contribution in [2.75, 3.05) is 38.3 Å². The highest BCUT2D eigenvalue weighted by Crippen LogP contribution is 2.33. The van der Waals surface area contributed by atoms with Gasteiger partial charge in [0.2, 0.25) is 0 Å². The van der Waals surface area contributed by atoms with Crippen LogP contribution in [0.2, 0.25) is 5.02 Å². The summed E-state index contributed by atoms with van der Waals surface area (Å²) in [6, 6.07) is 6.24.